The van der Waals surface area contributed by atoms with Crippen LogP contribution in [0.4, 0.5) is 5.69 Å². The minimum atomic E-state index is -1.10. The van der Waals surface area contributed by atoms with E-state index < -0.39 is 18.5 Å². The Hall–Kier alpha value is -3.06. The van der Waals surface area contributed by atoms with Crippen LogP contribution in [0.5, 0.6) is 11.5 Å². The van der Waals surface area contributed by atoms with Crippen LogP contribution in [0.2, 0.25) is 0 Å². The van der Waals surface area contributed by atoms with E-state index in [0.29, 0.717) is 42.0 Å². The van der Waals surface area contributed by atoms with Gasteiger partial charge in [-0.2, -0.15) is 0 Å². The molecule has 2 aromatic rings. The van der Waals surface area contributed by atoms with Gasteiger partial charge in [0.25, 0.3) is 5.91 Å². The van der Waals surface area contributed by atoms with E-state index in [2.05, 4.69) is 4.99 Å². The summed E-state index contributed by atoms with van der Waals surface area (Å²) >= 11 is 3.21. The van der Waals surface area contributed by atoms with E-state index in [1.54, 1.807) is 49.5 Å². The summed E-state index contributed by atoms with van der Waals surface area (Å²) in [6.45, 7) is -0.497. The quantitative estimate of drug-likeness (QED) is 0.298. The number of ether oxygens (including phenoxy) is 3. The third-order valence-corrected chi connectivity index (χ3v) is 6.25. The molecule has 0 radical (unpaired) electrons. The van der Waals surface area contributed by atoms with Crippen LogP contribution in [0.3, 0.4) is 0 Å². The van der Waals surface area contributed by atoms with Crippen LogP contribution >= 0.6 is 34.4 Å². The van der Waals surface area contributed by atoms with Crippen molar-refractivity contribution >= 4 is 69.1 Å². The lowest BCUT2D eigenvalue weighted by Crippen LogP contribution is -2.23. The molecule has 3 rings (SSSR count). The highest BCUT2D eigenvalue weighted by Gasteiger charge is 2.30. The molecule has 0 aliphatic carbocycles. The van der Waals surface area contributed by atoms with Crippen molar-refractivity contribution in [2.45, 2.75) is 0 Å². The summed E-state index contributed by atoms with van der Waals surface area (Å²) in [5.41, 5.74) is 1.55. The van der Waals surface area contributed by atoms with Gasteiger partial charge in [0, 0.05) is 7.05 Å². The molecule has 11 heteroatoms. The Balaban J connectivity index is 1.89. The zero-order valence-electron chi connectivity index (χ0n) is 17.8. The molecular formula is C22H19IN2O7S. The first-order valence-corrected chi connectivity index (χ1v) is 11.3. The van der Waals surface area contributed by atoms with Crippen molar-refractivity contribution in [1.82, 2.24) is 4.90 Å². The number of nitrogens with zero attached hydrogens (tertiary/aromatic N) is 2. The number of methoxy groups -OCH3 is 2. The molecule has 1 saturated heterocycles. The van der Waals surface area contributed by atoms with Crippen molar-refractivity contribution in [2.24, 2.45) is 4.99 Å². The number of rotatable bonds is 7. The highest BCUT2D eigenvalue weighted by molar-refractivity contribution is 14.1. The number of carbonyl (C=O) groups is 3. The molecule has 172 valence electrons. The van der Waals surface area contributed by atoms with Crippen LogP contribution in [0.15, 0.2) is 46.3 Å². The lowest BCUT2D eigenvalue weighted by atomic mass is 10.2. The number of esters is 1. The van der Waals surface area contributed by atoms with Crippen LogP contribution in [-0.2, 0) is 14.3 Å². The maximum absolute atomic E-state index is 12.8. The highest BCUT2D eigenvalue weighted by atomic mass is 127. The summed E-state index contributed by atoms with van der Waals surface area (Å²) in [6.07, 6.45) is 1.70. The average Bonchev–Trinajstić information content (AvgIpc) is 3.05. The van der Waals surface area contributed by atoms with Crippen molar-refractivity contribution < 1.29 is 33.7 Å². The van der Waals surface area contributed by atoms with Gasteiger partial charge in [0.2, 0.25) is 0 Å². The highest BCUT2D eigenvalue weighted by Crippen LogP contribution is 2.37. The summed E-state index contributed by atoms with van der Waals surface area (Å²) in [6, 6.07) is 10.0. The van der Waals surface area contributed by atoms with E-state index >= 15 is 0 Å². The zero-order valence-corrected chi connectivity index (χ0v) is 20.8. The smallest absolute Gasteiger partial charge is 0.341 e. The molecular weight excluding hydrogens is 563 g/mol. The molecule has 1 N–H and O–H groups in total. The van der Waals surface area contributed by atoms with Gasteiger partial charge >= 0.3 is 11.9 Å². The van der Waals surface area contributed by atoms with Crippen molar-refractivity contribution in [1.29, 1.82) is 0 Å². The number of aliphatic carboxylic acids is 1. The van der Waals surface area contributed by atoms with Gasteiger partial charge in [-0.15, -0.1) is 0 Å². The van der Waals surface area contributed by atoms with Crippen molar-refractivity contribution in [3.8, 4) is 11.5 Å². The van der Waals surface area contributed by atoms with E-state index in [9.17, 15) is 14.4 Å². The largest absolute Gasteiger partial charge is 0.493 e. The molecule has 33 heavy (non-hydrogen) atoms. The fourth-order valence-corrected chi connectivity index (χ4v) is 4.60. The summed E-state index contributed by atoms with van der Waals surface area (Å²) < 4.78 is 16.0. The van der Waals surface area contributed by atoms with Crippen molar-refractivity contribution in [2.75, 3.05) is 27.9 Å². The van der Waals surface area contributed by atoms with Crippen molar-refractivity contribution in [3.63, 3.8) is 0 Å². The van der Waals surface area contributed by atoms with Crippen LogP contribution < -0.4 is 9.47 Å². The first-order valence-electron chi connectivity index (χ1n) is 9.40. The standard InChI is InChI=1S/C22H19IN2O7S/c1-25-20(28)17(33-22(25)24-14-6-4-5-13(10-14)21(29)31-3)9-12-7-15(23)19(16(8-12)30-2)32-11-18(26)27/h4-10H,11H2,1-3H3,(H,26,27). The van der Waals surface area contributed by atoms with Gasteiger partial charge in [0.1, 0.15) is 0 Å². The number of aliphatic imine (C=N–C) groups is 1. The number of halogens is 1. The fraction of sp³-hybridized carbons (Fsp3) is 0.182. The topological polar surface area (TPSA) is 115 Å². The number of carboxylic acids is 1. The monoisotopic (exact) mass is 582 g/mol. The van der Waals surface area contributed by atoms with Gasteiger partial charge < -0.3 is 19.3 Å². The van der Waals surface area contributed by atoms with Crippen LogP contribution in [-0.4, -0.2) is 60.9 Å². The number of hydrogen-bond donors (Lipinski definition) is 1. The van der Waals surface area contributed by atoms with E-state index in [1.165, 1.54) is 30.9 Å². The van der Waals surface area contributed by atoms with Crippen LogP contribution in [0.25, 0.3) is 6.08 Å². The minimum absolute atomic E-state index is 0.233. The number of amidine groups is 1. The molecule has 9 nitrogen and oxygen atoms in total. The van der Waals surface area contributed by atoms with E-state index in [4.69, 9.17) is 19.3 Å². The molecule has 1 heterocycles. The third-order valence-electron chi connectivity index (χ3n) is 4.39. The number of benzene rings is 2. The summed E-state index contributed by atoms with van der Waals surface area (Å²) in [5, 5.41) is 9.31. The molecule has 2 aromatic carbocycles. The molecule has 0 bridgehead atoms. The Kier molecular flexibility index (Phi) is 7.97. The van der Waals surface area contributed by atoms with Crippen LogP contribution in [0, 0.1) is 3.57 Å². The Bertz CT molecular complexity index is 1180. The number of carboxylic acid groups (broad SMARTS) is 1. The lowest BCUT2D eigenvalue weighted by Gasteiger charge is -2.12. The average molecular weight is 582 g/mol. The van der Waals surface area contributed by atoms with Gasteiger partial charge in [-0.25, -0.2) is 14.6 Å². The molecule has 0 aromatic heterocycles. The predicted octanol–water partition coefficient (Wildman–Crippen LogP) is 3.78. The number of likely N-dealkylation sites (N-methyl/N-ethyl adjacent to an activating group) is 1. The summed E-state index contributed by atoms with van der Waals surface area (Å²) in [5.74, 6) is -1.13. The maximum atomic E-state index is 12.8. The van der Waals surface area contributed by atoms with Gasteiger partial charge in [0.05, 0.1) is 33.9 Å². The molecule has 1 amide bonds. The first-order chi connectivity index (χ1) is 15.7. The molecule has 0 spiro atoms. The van der Waals surface area contributed by atoms with E-state index in [0.717, 1.165) is 0 Å². The maximum Gasteiger partial charge on any atom is 0.341 e. The molecule has 0 unspecified atom stereocenters. The summed E-state index contributed by atoms with van der Waals surface area (Å²) in [4.78, 5) is 41.7. The molecule has 0 saturated carbocycles. The molecule has 1 aliphatic rings. The normalized spacial score (nSPS) is 15.8. The molecule has 1 aliphatic heterocycles. The Morgan fingerprint density at radius 1 is 1.24 bits per heavy atom. The summed E-state index contributed by atoms with van der Waals surface area (Å²) in [7, 11) is 4.37. The Morgan fingerprint density at radius 2 is 2.00 bits per heavy atom. The van der Waals surface area contributed by atoms with E-state index in [1.807, 2.05) is 22.6 Å². The first kappa shape index (κ1) is 24.6. The minimum Gasteiger partial charge on any atom is -0.493 e. The number of amides is 1. The fourth-order valence-electron chi connectivity index (χ4n) is 2.83. The molecule has 0 atom stereocenters. The van der Waals surface area contributed by atoms with Crippen molar-refractivity contribution in [3.05, 3.63) is 56.0 Å². The second-order valence-corrected chi connectivity index (χ2v) is 8.80. The van der Waals surface area contributed by atoms with Gasteiger partial charge in [-0.1, -0.05) is 6.07 Å². The van der Waals surface area contributed by atoms with Crippen LogP contribution in [0.1, 0.15) is 15.9 Å². The number of thioether (sulfide) groups is 1. The second-order valence-electron chi connectivity index (χ2n) is 6.63. The second kappa shape index (κ2) is 10.7. The molecule has 1 fully saturated rings. The predicted molar refractivity (Wildman–Crippen MR) is 132 cm³/mol. The third kappa shape index (κ3) is 5.85. The Morgan fingerprint density at radius 3 is 2.67 bits per heavy atom. The van der Waals surface area contributed by atoms with Gasteiger partial charge in [0.15, 0.2) is 23.3 Å². The zero-order chi connectivity index (χ0) is 24.1. The van der Waals surface area contributed by atoms with Gasteiger partial charge in [-0.3, -0.25) is 9.69 Å². The van der Waals surface area contributed by atoms with E-state index in [-0.39, 0.29) is 5.91 Å². The number of hydrogen-bond acceptors (Lipinski definition) is 8. The Labute approximate surface area is 207 Å². The lowest BCUT2D eigenvalue weighted by molar-refractivity contribution is -0.139. The van der Waals surface area contributed by atoms with Gasteiger partial charge in [-0.05, 0) is 76.3 Å². The SMILES string of the molecule is COC(=O)c1cccc(N=C2SC(=Cc3cc(I)c(OCC(=O)O)c(OC)c3)C(=O)N2C)c1. The number of carbonyl (C=O) groups excluding carboxylic acids is 2.